The Balaban J connectivity index is 1.54. The number of nitrogens with zero attached hydrogens (tertiary/aromatic N) is 1. The Morgan fingerprint density at radius 2 is 1.87 bits per heavy atom. The molecule has 0 saturated carbocycles. The first-order valence-electron chi connectivity index (χ1n) is 9.75. The molecular formula is C24H21FN2O2S. The highest BCUT2D eigenvalue weighted by molar-refractivity contribution is 8.00. The van der Waals surface area contributed by atoms with E-state index in [1.165, 1.54) is 18.2 Å². The van der Waals surface area contributed by atoms with Gasteiger partial charge in [-0.1, -0.05) is 43.3 Å². The molecule has 0 bridgehead atoms. The number of hydrogen-bond donors (Lipinski definition) is 1. The Kier molecular flexibility index (Phi) is 5.86. The topological polar surface area (TPSA) is 49.4 Å². The van der Waals surface area contributed by atoms with E-state index in [2.05, 4.69) is 12.2 Å². The number of thioether (sulfide) groups is 1. The zero-order valence-electron chi connectivity index (χ0n) is 16.5. The Hall–Kier alpha value is -3.12. The van der Waals surface area contributed by atoms with Crippen LogP contribution in [0.3, 0.4) is 0 Å². The molecule has 1 saturated heterocycles. The number of aryl methyl sites for hydroxylation is 1. The number of hydrogen-bond acceptors (Lipinski definition) is 3. The summed E-state index contributed by atoms with van der Waals surface area (Å²) < 4.78 is 13.3. The third-order valence-electron chi connectivity index (χ3n) is 5.04. The minimum atomic E-state index is -0.451. The summed E-state index contributed by atoms with van der Waals surface area (Å²) in [5, 5.41) is 2.67. The van der Waals surface area contributed by atoms with E-state index in [9.17, 15) is 14.0 Å². The lowest BCUT2D eigenvalue weighted by molar-refractivity contribution is -0.115. The van der Waals surface area contributed by atoms with Gasteiger partial charge in [-0.3, -0.25) is 14.5 Å². The second kappa shape index (κ2) is 8.71. The molecule has 3 aromatic carbocycles. The number of anilines is 2. The largest absolute Gasteiger partial charge is 0.322 e. The predicted molar refractivity (Wildman–Crippen MR) is 119 cm³/mol. The molecule has 0 aromatic heterocycles. The van der Waals surface area contributed by atoms with Gasteiger partial charge in [-0.2, -0.15) is 0 Å². The van der Waals surface area contributed by atoms with Crippen LogP contribution in [0, 0.1) is 5.82 Å². The monoisotopic (exact) mass is 420 g/mol. The fourth-order valence-corrected chi connectivity index (χ4v) is 4.71. The van der Waals surface area contributed by atoms with E-state index in [4.69, 9.17) is 0 Å². The van der Waals surface area contributed by atoms with Gasteiger partial charge in [-0.05, 0) is 53.9 Å². The van der Waals surface area contributed by atoms with Crippen LogP contribution >= 0.6 is 11.8 Å². The Bertz CT molecular complexity index is 1080. The summed E-state index contributed by atoms with van der Waals surface area (Å²) in [7, 11) is 0. The van der Waals surface area contributed by atoms with Crippen molar-refractivity contribution >= 4 is 35.0 Å². The summed E-state index contributed by atoms with van der Waals surface area (Å²) in [6.07, 6.45) is 0.850. The molecule has 1 heterocycles. The summed E-state index contributed by atoms with van der Waals surface area (Å²) in [5.41, 5.74) is 3.95. The summed E-state index contributed by atoms with van der Waals surface area (Å²) in [4.78, 5) is 26.8. The van der Waals surface area contributed by atoms with E-state index in [0.29, 0.717) is 11.4 Å². The fourth-order valence-electron chi connectivity index (χ4n) is 3.54. The molecule has 1 fully saturated rings. The van der Waals surface area contributed by atoms with Gasteiger partial charge in [0.25, 0.3) is 5.91 Å². The standard InChI is InChI=1S/C24H21FN2O2S/c1-2-16-6-3-4-9-21(16)27-22(28)15-30-24(27)17-10-12-20(13-11-17)26-23(29)18-7-5-8-19(25)14-18/h3-14,24H,2,15H2,1H3,(H,26,29)/t24-/m1/s1. The molecule has 1 aliphatic heterocycles. The number of carbonyl (C=O) groups excluding carboxylic acids is 2. The molecule has 1 N–H and O–H groups in total. The van der Waals surface area contributed by atoms with Crippen molar-refractivity contribution in [3.8, 4) is 0 Å². The lowest BCUT2D eigenvalue weighted by atomic mass is 10.1. The molecule has 30 heavy (non-hydrogen) atoms. The summed E-state index contributed by atoms with van der Waals surface area (Å²) in [5.74, 6) is -0.297. The number of halogens is 1. The highest BCUT2D eigenvalue weighted by Gasteiger charge is 2.34. The average molecular weight is 421 g/mol. The Morgan fingerprint density at radius 3 is 2.60 bits per heavy atom. The van der Waals surface area contributed by atoms with Crippen molar-refractivity contribution in [2.75, 3.05) is 16.0 Å². The van der Waals surface area contributed by atoms with Crippen molar-refractivity contribution in [3.63, 3.8) is 0 Å². The van der Waals surface area contributed by atoms with Crippen LogP contribution in [0.1, 0.15) is 33.8 Å². The van der Waals surface area contributed by atoms with Crippen LogP contribution in [0.4, 0.5) is 15.8 Å². The fraction of sp³-hybridized carbons (Fsp3) is 0.167. The molecule has 152 valence electrons. The number of carbonyl (C=O) groups is 2. The van der Waals surface area contributed by atoms with Crippen LogP contribution < -0.4 is 10.2 Å². The molecule has 0 unspecified atom stereocenters. The van der Waals surface area contributed by atoms with Crippen LogP contribution in [0.2, 0.25) is 0 Å². The first kappa shape index (κ1) is 20.2. The normalized spacial score (nSPS) is 16.0. The van der Waals surface area contributed by atoms with E-state index in [-0.39, 0.29) is 22.8 Å². The smallest absolute Gasteiger partial charge is 0.255 e. The summed E-state index contributed by atoms with van der Waals surface area (Å²) in [6.45, 7) is 2.08. The van der Waals surface area contributed by atoms with E-state index in [1.54, 1.807) is 30.0 Å². The summed E-state index contributed by atoms with van der Waals surface area (Å²) >= 11 is 1.59. The van der Waals surface area contributed by atoms with Gasteiger partial charge >= 0.3 is 0 Å². The molecule has 0 radical (unpaired) electrons. The van der Waals surface area contributed by atoms with Crippen LogP contribution in [0.15, 0.2) is 72.8 Å². The molecule has 2 amide bonds. The van der Waals surface area contributed by atoms with Crippen molar-refractivity contribution < 1.29 is 14.0 Å². The third-order valence-corrected chi connectivity index (χ3v) is 6.25. The van der Waals surface area contributed by atoms with Crippen LogP contribution in [0.5, 0.6) is 0 Å². The molecule has 6 heteroatoms. The molecule has 3 aromatic rings. The van der Waals surface area contributed by atoms with Gasteiger partial charge in [-0.25, -0.2) is 4.39 Å². The SMILES string of the molecule is CCc1ccccc1N1C(=O)CS[C@@H]1c1ccc(NC(=O)c2cccc(F)c2)cc1. The lowest BCUT2D eigenvalue weighted by Gasteiger charge is -2.26. The highest BCUT2D eigenvalue weighted by atomic mass is 32.2. The molecule has 0 aliphatic carbocycles. The van der Waals surface area contributed by atoms with Crippen LogP contribution in [-0.2, 0) is 11.2 Å². The van der Waals surface area contributed by atoms with Gasteiger partial charge in [0.15, 0.2) is 0 Å². The lowest BCUT2D eigenvalue weighted by Crippen LogP contribution is -2.28. The molecule has 1 atom stereocenters. The minimum Gasteiger partial charge on any atom is -0.322 e. The maximum atomic E-state index is 13.3. The number of rotatable bonds is 5. The quantitative estimate of drug-likeness (QED) is 0.600. The first-order chi connectivity index (χ1) is 14.6. The second-order valence-corrected chi connectivity index (χ2v) is 8.06. The molecule has 0 spiro atoms. The van der Waals surface area contributed by atoms with Gasteiger partial charge < -0.3 is 5.32 Å². The van der Waals surface area contributed by atoms with Crippen molar-refractivity contribution in [2.45, 2.75) is 18.7 Å². The average Bonchev–Trinajstić information content (AvgIpc) is 3.15. The van der Waals surface area contributed by atoms with Crippen molar-refractivity contribution in [2.24, 2.45) is 0 Å². The number of amides is 2. The van der Waals surface area contributed by atoms with Crippen LogP contribution in [-0.4, -0.2) is 17.6 Å². The van der Waals surface area contributed by atoms with Gasteiger partial charge in [-0.15, -0.1) is 11.8 Å². The Labute approximate surface area is 179 Å². The summed E-state index contributed by atoms with van der Waals surface area (Å²) in [6, 6.07) is 21.0. The minimum absolute atomic E-state index is 0.0920. The van der Waals surface area contributed by atoms with E-state index >= 15 is 0 Å². The van der Waals surface area contributed by atoms with Crippen molar-refractivity contribution in [3.05, 3.63) is 95.3 Å². The van der Waals surface area contributed by atoms with Crippen molar-refractivity contribution in [1.29, 1.82) is 0 Å². The maximum absolute atomic E-state index is 13.3. The van der Waals surface area contributed by atoms with E-state index < -0.39 is 5.82 Å². The van der Waals surface area contributed by atoms with Crippen molar-refractivity contribution in [1.82, 2.24) is 0 Å². The second-order valence-electron chi connectivity index (χ2n) is 7.00. The molecule has 1 aliphatic rings. The number of para-hydroxylation sites is 1. The molecule has 4 nitrogen and oxygen atoms in total. The highest BCUT2D eigenvalue weighted by Crippen LogP contribution is 2.43. The van der Waals surface area contributed by atoms with Gasteiger partial charge in [0.05, 0.1) is 5.75 Å². The van der Waals surface area contributed by atoms with Gasteiger partial charge in [0, 0.05) is 16.9 Å². The predicted octanol–water partition coefficient (Wildman–Crippen LogP) is 5.42. The van der Waals surface area contributed by atoms with E-state index in [1.807, 2.05) is 41.3 Å². The maximum Gasteiger partial charge on any atom is 0.255 e. The molecule has 4 rings (SSSR count). The van der Waals surface area contributed by atoms with Crippen LogP contribution in [0.25, 0.3) is 0 Å². The number of nitrogens with one attached hydrogen (secondary N) is 1. The number of benzene rings is 3. The Morgan fingerprint density at radius 1 is 1.10 bits per heavy atom. The first-order valence-corrected chi connectivity index (χ1v) is 10.8. The third kappa shape index (κ3) is 4.09. The zero-order chi connectivity index (χ0) is 21.1. The molecular weight excluding hydrogens is 399 g/mol. The van der Waals surface area contributed by atoms with Gasteiger partial charge in [0.1, 0.15) is 11.2 Å². The van der Waals surface area contributed by atoms with E-state index in [0.717, 1.165) is 23.2 Å². The van der Waals surface area contributed by atoms with Gasteiger partial charge in [0.2, 0.25) is 5.91 Å². The zero-order valence-corrected chi connectivity index (χ0v) is 17.3.